The molecule has 1 aliphatic heterocycles. The highest BCUT2D eigenvalue weighted by Crippen LogP contribution is 2.24. The third-order valence-electron chi connectivity index (χ3n) is 5.32. The van der Waals surface area contributed by atoms with Crippen LogP contribution in [0.25, 0.3) is 6.08 Å². The molecular weight excluding hydrogens is 348 g/mol. The highest BCUT2D eigenvalue weighted by Gasteiger charge is 2.17. The molecule has 0 bridgehead atoms. The average Bonchev–Trinajstić information content (AvgIpc) is 2.72. The lowest BCUT2D eigenvalue weighted by Crippen LogP contribution is -2.34. The summed E-state index contributed by atoms with van der Waals surface area (Å²) in [6, 6.07) is 16.1. The monoisotopic (exact) mass is 378 g/mol. The summed E-state index contributed by atoms with van der Waals surface area (Å²) < 4.78 is 5.14. The molecule has 2 aromatic rings. The van der Waals surface area contributed by atoms with Crippen LogP contribution in [0.1, 0.15) is 43.9 Å². The van der Waals surface area contributed by atoms with Crippen LogP contribution < -0.4 is 15.0 Å². The smallest absolute Gasteiger partial charge is 0.244 e. The maximum Gasteiger partial charge on any atom is 0.244 e. The van der Waals surface area contributed by atoms with Gasteiger partial charge in [-0.2, -0.15) is 0 Å². The molecule has 1 saturated heterocycles. The van der Waals surface area contributed by atoms with Crippen LogP contribution in [0.15, 0.2) is 54.6 Å². The number of benzene rings is 2. The summed E-state index contributed by atoms with van der Waals surface area (Å²) in [6.07, 6.45) is 5.96. The van der Waals surface area contributed by atoms with Crippen molar-refractivity contribution < 1.29 is 9.53 Å². The van der Waals surface area contributed by atoms with Crippen molar-refractivity contribution in [2.45, 2.75) is 32.7 Å². The Morgan fingerprint density at radius 3 is 2.54 bits per heavy atom. The Kier molecular flexibility index (Phi) is 6.75. The molecule has 4 heteroatoms. The van der Waals surface area contributed by atoms with Crippen LogP contribution in [0.3, 0.4) is 0 Å². The first-order chi connectivity index (χ1) is 13.5. The number of rotatable bonds is 6. The van der Waals surface area contributed by atoms with Gasteiger partial charge in [-0.25, -0.2) is 0 Å². The highest BCUT2D eigenvalue weighted by atomic mass is 16.5. The molecule has 1 N–H and O–H groups in total. The van der Waals surface area contributed by atoms with Gasteiger partial charge in [0.15, 0.2) is 0 Å². The maximum absolute atomic E-state index is 12.2. The SMILES string of the molecule is COc1ccc(/C=C/C(=O)N[C@@H](C)c2ccc(N3CCC[C@@H](C)C3)cc2)cc1. The second-order valence-electron chi connectivity index (χ2n) is 7.62. The van der Waals surface area contributed by atoms with Gasteiger partial charge >= 0.3 is 0 Å². The minimum Gasteiger partial charge on any atom is -0.497 e. The summed E-state index contributed by atoms with van der Waals surface area (Å²) in [6.45, 7) is 6.59. The van der Waals surface area contributed by atoms with Gasteiger partial charge in [0.2, 0.25) is 5.91 Å². The highest BCUT2D eigenvalue weighted by molar-refractivity contribution is 5.92. The second-order valence-corrected chi connectivity index (χ2v) is 7.62. The van der Waals surface area contributed by atoms with E-state index in [4.69, 9.17) is 4.74 Å². The normalized spacial score (nSPS) is 18.1. The van der Waals surface area contributed by atoms with Crippen LogP contribution in [0, 0.1) is 5.92 Å². The van der Waals surface area contributed by atoms with E-state index in [2.05, 4.69) is 41.4 Å². The molecule has 0 aliphatic carbocycles. The van der Waals surface area contributed by atoms with Crippen molar-refractivity contribution in [1.29, 1.82) is 0 Å². The predicted octanol–water partition coefficient (Wildman–Crippen LogP) is 4.82. The zero-order valence-corrected chi connectivity index (χ0v) is 17.0. The van der Waals surface area contributed by atoms with Gasteiger partial charge in [-0.05, 0) is 67.2 Å². The number of carbonyl (C=O) groups excluding carboxylic acids is 1. The number of piperidine rings is 1. The van der Waals surface area contributed by atoms with Crippen LogP contribution in [0.4, 0.5) is 5.69 Å². The summed E-state index contributed by atoms with van der Waals surface area (Å²) in [4.78, 5) is 14.7. The third kappa shape index (κ3) is 5.38. The van der Waals surface area contributed by atoms with Crippen LogP contribution in [-0.4, -0.2) is 26.1 Å². The molecule has 148 valence electrons. The molecule has 1 fully saturated rings. The van der Waals surface area contributed by atoms with Crippen molar-refractivity contribution in [1.82, 2.24) is 5.32 Å². The number of carbonyl (C=O) groups is 1. The number of anilines is 1. The van der Waals surface area contributed by atoms with Crippen molar-refractivity contribution >= 4 is 17.7 Å². The number of ether oxygens (including phenoxy) is 1. The summed E-state index contributed by atoms with van der Waals surface area (Å²) in [5, 5.41) is 3.03. The zero-order chi connectivity index (χ0) is 19.9. The van der Waals surface area contributed by atoms with Crippen LogP contribution in [-0.2, 0) is 4.79 Å². The molecule has 1 heterocycles. The zero-order valence-electron chi connectivity index (χ0n) is 17.0. The van der Waals surface area contributed by atoms with Gasteiger partial charge in [0.05, 0.1) is 13.2 Å². The topological polar surface area (TPSA) is 41.6 Å². The van der Waals surface area contributed by atoms with E-state index in [1.54, 1.807) is 13.2 Å². The van der Waals surface area contributed by atoms with Gasteiger partial charge in [-0.3, -0.25) is 4.79 Å². The second kappa shape index (κ2) is 9.45. The van der Waals surface area contributed by atoms with E-state index < -0.39 is 0 Å². The fourth-order valence-corrected chi connectivity index (χ4v) is 3.63. The molecular formula is C24H30N2O2. The molecule has 4 nitrogen and oxygen atoms in total. The lowest BCUT2D eigenvalue weighted by atomic mass is 9.99. The number of amides is 1. The van der Waals surface area contributed by atoms with Crippen LogP contribution in [0.5, 0.6) is 5.75 Å². The van der Waals surface area contributed by atoms with Crippen LogP contribution in [0.2, 0.25) is 0 Å². The van der Waals surface area contributed by atoms with Gasteiger partial charge in [-0.15, -0.1) is 0 Å². The van der Waals surface area contributed by atoms with Crippen molar-refractivity contribution in [2.75, 3.05) is 25.1 Å². The van der Waals surface area contributed by atoms with E-state index in [1.165, 1.54) is 18.5 Å². The van der Waals surface area contributed by atoms with Gasteiger partial charge in [0.1, 0.15) is 5.75 Å². The molecule has 28 heavy (non-hydrogen) atoms. The predicted molar refractivity (Wildman–Crippen MR) is 116 cm³/mol. The number of methoxy groups -OCH3 is 1. The number of nitrogens with one attached hydrogen (secondary N) is 1. The minimum absolute atomic E-state index is 0.0395. The van der Waals surface area contributed by atoms with E-state index in [1.807, 2.05) is 37.3 Å². The molecule has 0 unspecified atom stereocenters. The molecule has 0 spiro atoms. The number of hydrogen-bond donors (Lipinski definition) is 1. The van der Waals surface area contributed by atoms with E-state index in [0.717, 1.165) is 35.9 Å². The maximum atomic E-state index is 12.2. The summed E-state index contributed by atoms with van der Waals surface area (Å²) >= 11 is 0. The summed E-state index contributed by atoms with van der Waals surface area (Å²) in [5.41, 5.74) is 3.34. The minimum atomic E-state index is -0.0998. The molecule has 0 aromatic heterocycles. The standard InChI is InChI=1S/C24H30N2O2/c1-18-5-4-16-26(17-18)22-11-9-21(10-12-22)19(2)25-24(27)15-8-20-6-13-23(28-3)14-7-20/h6-15,18-19H,4-5,16-17H2,1-3H3,(H,25,27)/b15-8+/t18-,19+/m1/s1. The fourth-order valence-electron chi connectivity index (χ4n) is 3.63. The Hall–Kier alpha value is -2.75. The molecule has 3 rings (SSSR count). The lowest BCUT2D eigenvalue weighted by Gasteiger charge is -2.33. The van der Waals surface area contributed by atoms with Crippen molar-refractivity contribution in [3.05, 3.63) is 65.7 Å². The average molecular weight is 379 g/mol. The van der Waals surface area contributed by atoms with Crippen molar-refractivity contribution in [2.24, 2.45) is 5.92 Å². The largest absolute Gasteiger partial charge is 0.497 e. The molecule has 2 aromatic carbocycles. The number of nitrogens with zero attached hydrogens (tertiary/aromatic N) is 1. The van der Waals surface area contributed by atoms with Crippen LogP contribution >= 0.6 is 0 Å². The first-order valence-corrected chi connectivity index (χ1v) is 10.0. The molecule has 1 aliphatic rings. The summed E-state index contributed by atoms with van der Waals surface area (Å²) in [5.74, 6) is 1.46. The Morgan fingerprint density at radius 1 is 1.18 bits per heavy atom. The van der Waals surface area contributed by atoms with Gasteiger partial charge in [0, 0.05) is 24.9 Å². The van der Waals surface area contributed by atoms with E-state index >= 15 is 0 Å². The van der Waals surface area contributed by atoms with E-state index in [-0.39, 0.29) is 11.9 Å². The fraction of sp³-hybridized carbons (Fsp3) is 0.375. The molecule has 2 atom stereocenters. The Balaban J connectivity index is 1.55. The Labute approximate surface area is 168 Å². The molecule has 1 amide bonds. The quantitative estimate of drug-likeness (QED) is 0.733. The Bertz CT molecular complexity index is 796. The van der Waals surface area contributed by atoms with Gasteiger partial charge in [0.25, 0.3) is 0 Å². The molecule has 0 saturated carbocycles. The van der Waals surface area contributed by atoms with Gasteiger partial charge < -0.3 is 15.0 Å². The third-order valence-corrected chi connectivity index (χ3v) is 5.32. The first-order valence-electron chi connectivity index (χ1n) is 10.0. The van der Waals surface area contributed by atoms with Crippen molar-refractivity contribution in [3.63, 3.8) is 0 Å². The van der Waals surface area contributed by atoms with Crippen molar-refractivity contribution in [3.8, 4) is 5.75 Å². The van der Waals surface area contributed by atoms with E-state index in [0.29, 0.717) is 0 Å². The lowest BCUT2D eigenvalue weighted by molar-refractivity contribution is -0.117. The Morgan fingerprint density at radius 2 is 1.89 bits per heavy atom. The van der Waals surface area contributed by atoms with E-state index in [9.17, 15) is 4.79 Å². The van der Waals surface area contributed by atoms with Gasteiger partial charge in [-0.1, -0.05) is 31.2 Å². The first kappa shape index (κ1) is 20.0. The summed E-state index contributed by atoms with van der Waals surface area (Å²) in [7, 11) is 1.64. The molecule has 0 radical (unpaired) electrons. The number of hydrogen-bond acceptors (Lipinski definition) is 3.